The van der Waals surface area contributed by atoms with Crippen LogP contribution in [0.25, 0.3) is 5.76 Å². The number of primary amides is 1. The Kier molecular flexibility index (Phi) is 7.13. The number of hydrogen-bond donors (Lipinski definition) is 5. The highest BCUT2D eigenvalue weighted by Gasteiger charge is 2.66. The van der Waals surface area contributed by atoms with Crippen LogP contribution in [-0.4, -0.2) is 62.7 Å². The van der Waals surface area contributed by atoms with Crippen LogP contribution in [0.1, 0.15) is 75.6 Å². The Bertz CT molecular complexity index is 1400. The highest BCUT2D eigenvalue weighted by atomic mass is 16.5. The summed E-state index contributed by atoms with van der Waals surface area (Å²) in [6, 6.07) is 1.76. The Hall–Kier alpha value is -3.70. The van der Waals surface area contributed by atoms with Crippen molar-refractivity contribution in [2.45, 2.75) is 77.1 Å². The molecule has 3 aliphatic carbocycles. The lowest BCUT2D eigenvalue weighted by atomic mass is 9.55. The first-order chi connectivity index (χ1) is 18.5. The average Bonchev–Trinajstić information content (AvgIpc) is 2.85. The first-order valence-electron chi connectivity index (χ1n) is 13.1. The van der Waals surface area contributed by atoms with Crippen molar-refractivity contribution >= 4 is 29.2 Å². The van der Waals surface area contributed by atoms with Crippen LogP contribution in [0.5, 0.6) is 5.75 Å². The molecular weight excluding hydrogens is 522 g/mol. The molecule has 40 heavy (non-hydrogen) atoms. The van der Waals surface area contributed by atoms with Crippen LogP contribution in [-0.2, 0) is 40.7 Å². The number of nitrogens with two attached hydrogens (primary N) is 1. The number of methoxy groups -OCH3 is 1. The van der Waals surface area contributed by atoms with E-state index in [1.165, 1.54) is 14.0 Å². The van der Waals surface area contributed by atoms with E-state index in [-0.39, 0.29) is 24.3 Å². The molecule has 0 heterocycles. The Labute approximate surface area is 231 Å². The molecule has 216 valence electrons. The van der Waals surface area contributed by atoms with Crippen molar-refractivity contribution in [1.29, 1.82) is 0 Å². The lowest BCUT2D eigenvalue weighted by Gasteiger charge is -2.51. The number of aliphatic hydroxyl groups excluding tert-OH is 2. The van der Waals surface area contributed by atoms with E-state index in [4.69, 9.17) is 15.2 Å². The van der Waals surface area contributed by atoms with E-state index in [0.717, 1.165) is 0 Å². The predicted octanol–water partition coefficient (Wildman–Crippen LogP) is 2.36. The van der Waals surface area contributed by atoms with Gasteiger partial charge in [0.2, 0.25) is 5.78 Å². The standard InChI is InChI=1S/C29H35NO10/c1-7-16(32)40-24-14-9-15(31)19(27(30)37)25(35)29(14,38)26(36)21-18(24)11(2)17-12(10-39-6)8-13(28(3,4)5)22(33)20(17)23(21)34/h8,11,14,18,24,33-35,38H,7,9-10H2,1-6H3,(H2,30,37)/t11-,14+,18+,24+,29+/m0/s1. The first kappa shape index (κ1) is 29.3. The molecule has 6 N–H and O–H groups in total. The Morgan fingerprint density at radius 1 is 1.18 bits per heavy atom. The van der Waals surface area contributed by atoms with E-state index < -0.39 is 87.4 Å². The molecule has 0 saturated heterocycles. The van der Waals surface area contributed by atoms with Gasteiger partial charge in [-0.25, -0.2) is 0 Å². The fourth-order valence-electron chi connectivity index (χ4n) is 6.46. The molecule has 1 fully saturated rings. The molecule has 11 nitrogen and oxygen atoms in total. The molecule has 1 saturated carbocycles. The number of benzene rings is 1. The normalized spacial score (nSPS) is 28.2. The number of phenols is 1. The average molecular weight is 558 g/mol. The van der Waals surface area contributed by atoms with Gasteiger partial charge in [0.1, 0.15) is 28.9 Å². The minimum Gasteiger partial charge on any atom is -0.508 e. The van der Waals surface area contributed by atoms with Crippen molar-refractivity contribution in [3.8, 4) is 5.75 Å². The molecule has 0 radical (unpaired) electrons. The third-order valence-electron chi connectivity index (χ3n) is 8.32. The maximum absolute atomic E-state index is 14.1. The van der Waals surface area contributed by atoms with Gasteiger partial charge in [0, 0.05) is 42.9 Å². The second-order valence-electron chi connectivity index (χ2n) is 11.7. The highest BCUT2D eigenvalue weighted by molar-refractivity contribution is 6.23. The zero-order chi connectivity index (χ0) is 30.1. The number of Topliss-reactive ketones (excluding diaryl/α,β-unsaturated/α-hetero) is 2. The fourth-order valence-corrected chi connectivity index (χ4v) is 6.46. The Balaban J connectivity index is 2.12. The Morgan fingerprint density at radius 2 is 1.80 bits per heavy atom. The monoisotopic (exact) mass is 557 g/mol. The van der Waals surface area contributed by atoms with Gasteiger partial charge in [-0.05, 0) is 28.5 Å². The van der Waals surface area contributed by atoms with Gasteiger partial charge >= 0.3 is 5.97 Å². The molecule has 3 aliphatic rings. The third-order valence-corrected chi connectivity index (χ3v) is 8.32. The van der Waals surface area contributed by atoms with Gasteiger partial charge in [0.25, 0.3) is 5.91 Å². The van der Waals surface area contributed by atoms with Crippen LogP contribution in [0.15, 0.2) is 23.0 Å². The maximum atomic E-state index is 14.1. The molecule has 0 aliphatic heterocycles. The number of amides is 1. The van der Waals surface area contributed by atoms with Crippen LogP contribution in [0.2, 0.25) is 0 Å². The molecule has 0 unspecified atom stereocenters. The van der Waals surface area contributed by atoms with E-state index >= 15 is 0 Å². The molecule has 1 aromatic carbocycles. The van der Waals surface area contributed by atoms with E-state index in [1.54, 1.807) is 13.0 Å². The first-order valence-corrected chi connectivity index (χ1v) is 13.1. The van der Waals surface area contributed by atoms with E-state index in [1.807, 2.05) is 20.8 Å². The molecule has 0 aromatic heterocycles. The molecule has 0 bridgehead atoms. The number of esters is 1. The van der Waals surface area contributed by atoms with Crippen molar-refractivity contribution in [2.75, 3.05) is 7.11 Å². The summed E-state index contributed by atoms with van der Waals surface area (Å²) in [4.78, 5) is 51.6. The number of aromatic hydroxyl groups is 1. The summed E-state index contributed by atoms with van der Waals surface area (Å²) in [5, 5.41) is 45.8. The van der Waals surface area contributed by atoms with E-state index in [9.17, 15) is 39.6 Å². The van der Waals surface area contributed by atoms with Crippen molar-refractivity contribution in [1.82, 2.24) is 0 Å². The van der Waals surface area contributed by atoms with Gasteiger partial charge < -0.3 is 35.6 Å². The van der Waals surface area contributed by atoms with Gasteiger partial charge in [0.05, 0.1) is 12.2 Å². The molecule has 1 amide bonds. The summed E-state index contributed by atoms with van der Waals surface area (Å²) >= 11 is 0. The summed E-state index contributed by atoms with van der Waals surface area (Å²) < 4.78 is 11.2. The second kappa shape index (κ2) is 9.74. The maximum Gasteiger partial charge on any atom is 0.305 e. The van der Waals surface area contributed by atoms with Gasteiger partial charge in [-0.2, -0.15) is 0 Å². The molecule has 5 atom stereocenters. The number of ether oxygens (including phenoxy) is 2. The number of fused-ring (bicyclic) bond motifs is 3. The van der Waals surface area contributed by atoms with Gasteiger partial charge in [0.15, 0.2) is 11.4 Å². The number of aliphatic hydroxyl groups is 3. The van der Waals surface area contributed by atoms with Crippen molar-refractivity contribution in [3.63, 3.8) is 0 Å². The zero-order valence-electron chi connectivity index (χ0n) is 23.3. The highest BCUT2D eigenvalue weighted by Crippen LogP contribution is 2.58. The molecule has 4 rings (SSSR count). The van der Waals surface area contributed by atoms with E-state index in [0.29, 0.717) is 16.7 Å². The number of carbonyl (C=O) groups excluding carboxylic acids is 4. The van der Waals surface area contributed by atoms with Crippen LogP contribution >= 0.6 is 0 Å². The van der Waals surface area contributed by atoms with Crippen LogP contribution in [0.3, 0.4) is 0 Å². The van der Waals surface area contributed by atoms with E-state index in [2.05, 4.69) is 0 Å². The van der Waals surface area contributed by atoms with Crippen LogP contribution < -0.4 is 5.73 Å². The quantitative estimate of drug-likeness (QED) is 0.265. The minimum atomic E-state index is -2.90. The lowest BCUT2D eigenvalue weighted by molar-refractivity contribution is -0.178. The van der Waals surface area contributed by atoms with Gasteiger partial charge in [-0.3, -0.25) is 19.2 Å². The molecular formula is C29H35NO10. The number of phenolic OH excluding ortho intramolecular Hbond substituents is 1. The largest absolute Gasteiger partial charge is 0.508 e. The fraction of sp³-hybridized carbons (Fsp3) is 0.517. The lowest BCUT2D eigenvalue weighted by Crippen LogP contribution is -2.64. The number of carbonyl (C=O) groups is 4. The number of ketones is 2. The topological polar surface area (TPSA) is 194 Å². The van der Waals surface area contributed by atoms with Gasteiger partial charge in [-0.1, -0.05) is 34.6 Å². The van der Waals surface area contributed by atoms with Crippen LogP contribution in [0.4, 0.5) is 0 Å². The zero-order valence-corrected chi connectivity index (χ0v) is 23.3. The predicted molar refractivity (Wildman–Crippen MR) is 141 cm³/mol. The second-order valence-corrected chi connectivity index (χ2v) is 11.7. The summed E-state index contributed by atoms with van der Waals surface area (Å²) in [5.74, 6) is -9.62. The summed E-state index contributed by atoms with van der Waals surface area (Å²) in [7, 11) is 1.49. The summed E-state index contributed by atoms with van der Waals surface area (Å²) in [5.41, 5.74) is 1.95. The summed E-state index contributed by atoms with van der Waals surface area (Å²) in [6.45, 7) is 8.92. The molecule has 11 heteroatoms. The van der Waals surface area contributed by atoms with Crippen molar-refractivity contribution in [3.05, 3.63) is 45.2 Å². The molecule has 1 aromatic rings. The smallest absolute Gasteiger partial charge is 0.305 e. The van der Waals surface area contributed by atoms with Crippen molar-refractivity contribution in [2.24, 2.45) is 17.6 Å². The number of rotatable bonds is 5. The van der Waals surface area contributed by atoms with Gasteiger partial charge in [-0.15, -0.1) is 0 Å². The minimum absolute atomic E-state index is 0.0420. The van der Waals surface area contributed by atoms with Crippen LogP contribution in [0, 0.1) is 11.8 Å². The Morgan fingerprint density at radius 3 is 2.33 bits per heavy atom. The third kappa shape index (κ3) is 4.02. The number of hydrogen-bond acceptors (Lipinski definition) is 10. The van der Waals surface area contributed by atoms with Crippen molar-refractivity contribution < 1.29 is 49.1 Å². The SMILES string of the molecule is CCC(=O)O[C@H]1[C@H]2C(=C(O)c3c(O)c(C(C)(C)C)cc(COC)c3[C@@H]2C)C(=O)[C@]2(O)C(O)=C(C(N)=O)C(=O)C[C@H]12. The molecule has 0 spiro atoms. The summed E-state index contributed by atoms with van der Waals surface area (Å²) in [6.07, 6.45) is -2.09.